The molecule has 77 heteroatoms. The molecule has 65 nitrogen and oxygen atoms in total. The number of hydrogen-bond donors (Lipinski definition) is 6. The van der Waals surface area contributed by atoms with Gasteiger partial charge in [0.05, 0.1) is 82.4 Å². The lowest BCUT2D eigenvalue weighted by molar-refractivity contribution is -0.413. The van der Waals surface area contributed by atoms with Crippen LogP contribution in [0.4, 0.5) is 0 Å². The van der Waals surface area contributed by atoms with Crippen molar-refractivity contribution in [1.29, 1.82) is 0 Å². The summed E-state index contributed by atoms with van der Waals surface area (Å²) >= 11 is -36.6. The Kier molecular flexibility index (Phi) is 46.9. The predicted molar refractivity (Wildman–Crippen MR) is 359 cm³/mol. The molecule has 6 N–H and O–H groups in total. The summed E-state index contributed by atoms with van der Waals surface area (Å²) in [6.07, 6.45) is -61.8. The van der Waals surface area contributed by atoms with E-state index >= 15 is 0 Å². The number of hydrogen-bond acceptors (Lipinski definition) is 63. The number of aliphatic hydroxyl groups is 4. The Labute approximate surface area is 728 Å². The Hall–Kier alpha value is -0.640. The van der Waals surface area contributed by atoms with E-state index in [1.54, 1.807) is 0 Å². The van der Waals surface area contributed by atoms with E-state index in [1.165, 1.54) is 0 Å². The van der Waals surface area contributed by atoms with Gasteiger partial charge in [-0.3, -0.25) is 9.11 Å². The van der Waals surface area contributed by atoms with Crippen molar-refractivity contribution < 1.29 is 296 Å². The van der Waals surface area contributed by atoms with Crippen LogP contribution in [0, 0.1) is 35.5 Å². The maximum atomic E-state index is 12.5. The first kappa shape index (κ1) is 111. The van der Waals surface area contributed by atoms with E-state index in [1.807, 2.05) is 0 Å². The Morgan fingerprint density at radius 2 is 0.480 bits per heavy atom. The van der Waals surface area contributed by atoms with Gasteiger partial charge in [0.1, 0.15) is 175 Å². The zero-order chi connectivity index (χ0) is 93.0. The third-order valence-corrected chi connectivity index (χ3v) is 21.5. The molecule has 0 spiro atoms. The molecule has 0 radical (unpaired) electrons. The van der Waals surface area contributed by atoms with Gasteiger partial charge in [0.25, 0.3) is 0 Å². The molecular formula is C48H74O65S12-10. The first-order valence-corrected chi connectivity index (χ1v) is 46.9. The quantitative estimate of drug-likeness (QED) is 0.0143. The van der Waals surface area contributed by atoms with Crippen LogP contribution in [-0.2, 0) is 297 Å². The van der Waals surface area contributed by atoms with Gasteiger partial charge in [-0.1, -0.05) is 0 Å². The van der Waals surface area contributed by atoms with Crippen LogP contribution in [0.25, 0.3) is 0 Å². The van der Waals surface area contributed by atoms with Crippen molar-refractivity contribution in [3.8, 4) is 0 Å². The van der Waals surface area contributed by atoms with E-state index in [2.05, 4.69) is 47.5 Å². The van der Waals surface area contributed by atoms with Gasteiger partial charge in [-0.05, 0) is 48.5 Å². The van der Waals surface area contributed by atoms with E-state index in [4.69, 9.17) is 115 Å². The van der Waals surface area contributed by atoms with Crippen molar-refractivity contribution in [2.75, 3.05) is 39.6 Å². The number of aliphatic hydroxyl groups excluding tert-OH is 4. The van der Waals surface area contributed by atoms with Gasteiger partial charge < -0.3 is 128 Å². The first-order valence-electron chi connectivity index (χ1n) is 34.2. The van der Waals surface area contributed by atoms with Crippen LogP contribution >= 0.6 is 0 Å². The molecule has 0 saturated carbocycles. The highest BCUT2D eigenvalue weighted by molar-refractivity contribution is 7.81. The second-order valence-electron chi connectivity index (χ2n) is 26.3. The maximum Gasteiger partial charge on any atom is 0.397 e. The van der Waals surface area contributed by atoms with Crippen LogP contribution < -0.4 is 0 Å². The highest BCUT2D eigenvalue weighted by Gasteiger charge is 2.59. The van der Waals surface area contributed by atoms with E-state index in [0.717, 1.165) is 48.5 Å². The fourth-order valence-corrected chi connectivity index (χ4v) is 16.0. The second-order valence-corrected chi connectivity index (χ2v) is 33.8. The Balaban J connectivity index is 1.40. The standard InChI is InChI=1S/C48H84O65S12/c1-14-27(49)38(102-124(73,74)75)29(51)45(86-14)81-11-24-21(8-82-46-37(99-111-121(67)68)26(33(18(5)89-46)95-107-117(59)60)13-84-47-39(100-112-122(69)70)28(50)34(19(6)90-47)96-108-118(61)62)30(92-104-114(53)54)16(3)87-43(24)79-10-23-22(9-83-48-41(101-113-123(71)72)40(103-125(76,77)78)35(20(7)91-48)97-109-119(63)64)31(93-105-115(55)56)17(4)88-44(23)80-12-25-32(94-106-116(57)58)15(2)85-42(52)36(25)98-110-120(65)66/h14-52H,8-13H2,1-7H3,(H,53,54)(H,55,56)(H,57,58)(H,59,60)(H,61,62)(H,63,64)(H,65,66)(H,67,68)(H,69,70)(H,71,72)(H,73,74,75)(H,76,77,78)/p-10/t14?,15?,16?,17?,18?,19?,20?,21-,22-,23?,24?,25+,26+,27-,28+,29?,30-,31-,32-,33-,34-,35-,36?,37?,38+,39?,40+,41?,42?,43-,44-,45-,46-,47-,48-/m1/s1. The average Bonchev–Trinajstić information content (AvgIpc) is 0.774. The van der Waals surface area contributed by atoms with Gasteiger partial charge in [0.2, 0.25) is 0 Å². The topological polar surface area (TPSA) is 914 Å². The summed E-state index contributed by atoms with van der Waals surface area (Å²) in [5.74, 6) is -11.8. The predicted octanol–water partition coefficient (Wildman–Crippen LogP) is -10.4. The lowest BCUT2D eigenvalue weighted by Gasteiger charge is -2.49. The fourth-order valence-electron chi connectivity index (χ4n) is 13.5. The Morgan fingerprint density at radius 3 is 0.864 bits per heavy atom. The van der Waals surface area contributed by atoms with Crippen molar-refractivity contribution >= 4 is 134 Å². The summed E-state index contributed by atoms with van der Waals surface area (Å²) in [4.78, 5) is 50.3. The molecular weight excluding hydrogens is 2000 g/mol. The third-order valence-electron chi connectivity index (χ3n) is 18.6. The maximum absolute atomic E-state index is 12.5. The molecule has 738 valence electrons. The third kappa shape index (κ3) is 34.5. The van der Waals surface area contributed by atoms with E-state index < -0.39 is 388 Å². The minimum Gasteiger partial charge on any atom is -0.748 e. The molecule has 0 aliphatic carbocycles. The largest absolute Gasteiger partial charge is 0.748 e. The molecule has 0 aromatic rings. The van der Waals surface area contributed by atoms with Gasteiger partial charge in [-0.2, -0.15) is 16.8 Å². The highest BCUT2D eigenvalue weighted by atomic mass is 32.3. The molecule has 45 atom stereocenters. The Bertz CT molecular complexity index is 3770. The fraction of sp³-hybridized carbons (Fsp3) is 1.00. The summed E-state index contributed by atoms with van der Waals surface area (Å²) in [7, 11) is -11.5. The first-order chi connectivity index (χ1) is 58.5. The van der Waals surface area contributed by atoms with Gasteiger partial charge in [0.15, 0.2) is 74.6 Å². The molecule has 125 heavy (non-hydrogen) atoms. The van der Waals surface area contributed by atoms with E-state index in [0.29, 0.717) is 0 Å². The van der Waals surface area contributed by atoms with Crippen molar-refractivity contribution in [2.24, 2.45) is 35.5 Å². The van der Waals surface area contributed by atoms with Crippen molar-refractivity contribution in [3.05, 3.63) is 0 Å². The van der Waals surface area contributed by atoms with E-state index in [-0.39, 0.29) is 0 Å². The molecule has 7 aliphatic heterocycles. The molecule has 0 amide bonds. The minimum atomic E-state index is -5.86. The van der Waals surface area contributed by atoms with Crippen molar-refractivity contribution in [3.63, 3.8) is 0 Å². The van der Waals surface area contributed by atoms with Crippen LogP contribution in [0.5, 0.6) is 0 Å². The highest BCUT2D eigenvalue weighted by Crippen LogP contribution is 2.44. The zero-order valence-electron chi connectivity index (χ0n) is 63.1. The second kappa shape index (κ2) is 52.6. The number of ether oxygens (including phenoxy) is 13. The molecule has 7 fully saturated rings. The van der Waals surface area contributed by atoms with Crippen molar-refractivity contribution in [1.82, 2.24) is 0 Å². The summed E-state index contributed by atoms with van der Waals surface area (Å²) in [6.45, 7) is 0.0279. The normalized spacial score (nSPS) is 40.7. The molecule has 7 saturated heterocycles. The molecule has 7 aliphatic rings. The van der Waals surface area contributed by atoms with Gasteiger partial charge in [-0.15, -0.1) is 43.3 Å². The minimum absolute atomic E-state index is 0.942. The molecule has 0 bridgehead atoms. The number of rotatable bonds is 52. The summed E-state index contributed by atoms with van der Waals surface area (Å²) in [5, 5.41) is 45.1. The van der Waals surface area contributed by atoms with Crippen molar-refractivity contribution in [2.45, 2.75) is 227 Å². The van der Waals surface area contributed by atoms with E-state index in [9.17, 15) is 134 Å². The average molecular weight is 2080 g/mol. The summed E-state index contributed by atoms with van der Waals surface area (Å²) < 4.78 is 437. The summed E-state index contributed by atoms with van der Waals surface area (Å²) in [5.41, 5.74) is 0. The van der Waals surface area contributed by atoms with Crippen LogP contribution in [0.3, 0.4) is 0 Å². The van der Waals surface area contributed by atoms with Crippen LogP contribution in [0.1, 0.15) is 48.5 Å². The zero-order valence-corrected chi connectivity index (χ0v) is 72.9. The molecule has 7 heterocycles. The Morgan fingerprint density at radius 1 is 0.240 bits per heavy atom. The SMILES string of the molecule is CC1O[C@@H](OCC2[C@H](OCC3[C@H](OC[C@@H]4C(OOS(=O)[O-])C(O)OC(C)[C@H]4OOS(=O)[O-])OC(C)[C@@H](OOS(=O)[O-])[C@@H]3CO[C@@H]3OC(C)[C@@H](OOS(=O)[O-])[C@H](OS(=O)(=O)O)C3OOS(=O)[O-])OC(C)[C@@H](OOS(=O)[O-])[C@@H]2CO[C@@H]2OC(C)[C@@H](OOS(=O)[O-])[C@H](CO[C@@H]3OC(C)[C@@H](OOS(=O)[O-])[C@H](O)C3OOS(=O)[O-])C2OOS(=O)[O-])C(O)[C@@H](OS(=O)(=O)O)[C@@H]1O. The van der Waals surface area contributed by atoms with Gasteiger partial charge >= 0.3 is 20.8 Å². The lowest BCUT2D eigenvalue weighted by atomic mass is 9.82. The molecule has 0 aromatic heterocycles. The van der Waals surface area contributed by atoms with Crippen LogP contribution in [-0.4, -0.2) is 352 Å². The smallest absolute Gasteiger partial charge is 0.397 e. The lowest BCUT2D eigenvalue weighted by Crippen LogP contribution is -2.62. The molecule has 0 aromatic carbocycles. The summed E-state index contributed by atoms with van der Waals surface area (Å²) in [6, 6.07) is 0. The van der Waals surface area contributed by atoms with Gasteiger partial charge in [-0.25, -0.2) is 99.3 Å². The molecule has 7 rings (SSSR count). The van der Waals surface area contributed by atoms with Crippen LogP contribution in [0.2, 0.25) is 0 Å². The monoisotopic (exact) mass is 2070 g/mol. The van der Waals surface area contributed by atoms with Crippen LogP contribution in [0.15, 0.2) is 0 Å². The van der Waals surface area contributed by atoms with Gasteiger partial charge in [0, 0.05) is 35.5 Å². The molecule has 25 unspecified atom stereocenters.